The number of aryl methyl sites for hydroxylation is 1. The van der Waals surface area contributed by atoms with Crippen LogP contribution in [0.4, 0.5) is 5.95 Å². The molecule has 0 saturated carbocycles. The summed E-state index contributed by atoms with van der Waals surface area (Å²) in [5.74, 6) is 1.17. The van der Waals surface area contributed by atoms with Crippen LogP contribution in [0.3, 0.4) is 0 Å². The summed E-state index contributed by atoms with van der Waals surface area (Å²) in [6.45, 7) is 6.13. The summed E-state index contributed by atoms with van der Waals surface area (Å²) < 4.78 is 5.28. The van der Waals surface area contributed by atoms with E-state index in [1.807, 2.05) is 25.8 Å². The molecule has 0 amide bonds. The van der Waals surface area contributed by atoms with Gasteiger partial charge in [-0.2, -0.15) is 0 Å². The van der Waals surface area contributed by atoms with Crippen LogP contribution in [0.25, 0.3) is 0 Å². The normalized spacial score (nSPS) is 10.5. The number of nitrogens with zero attached hydrogens (tertiary/aromatic N) is 3. The number of aromatic nitrogens is 2. The van der Waals surface area contributed by atoms with E-state index in [0.29, 0.717) is 18.4 Å². The maximum atomic E-state index is 5.75. The average Bonchev–Trinajstić information content (AvgIpc) is 2.29. The molecule has 0 unspecified atom stereocenters. The van der Waals surface area contributed by atoms with Gasteiger partial charge in [-0.1, -0.05) is 0 Å². The lowest BCUT2D eigenvalue weighted by Gasteiger charge is -2.17. The molecule has 0 spiro atoms. The highest BCUT2D eigenvalue weighted by Gasteiger charge is 2.06. The van der Waals surface area contributed by atoms with Crippen LogP contribution >= 0.6 is 11.6 Å². The number of rotatable bonds is 6. The molecule has 90 valence electrons. The van der Waals surface area contributed by atoms with Gasteiger partial charge in [0.15, 0.2) is 0 Å². The number of halogens is 1. The molecule has 1 aromatic heterocycles. The molecule has 1 rings (SSSR count). The molecule has 1 aromatic rings. The largest absolute Gasteiger partial charge is 0.380 e. The zero-order valence-electron chi connectivity index (χ0n) is 10.0. The Balaban J connectivity index is 2.62. The molecule has 16 heavy (non-hydrogen) atoms. The van der Waals surface area contributed by atoms with E-state index in [1.165, 1.54) is 0 Å². The first-order valence-electron chi connectivity index (χ1n) is 5.36. The first-order valence-corrected chi connectivity index (χ1v) is 5.89. The first kappa shape index (κ1) is 13.2. The topological polar surface area (TPSA) is 38.2 Å². The third kappa shape index (κ3) is 3.61. The minimum absolute atomic E-state index is 0.453. The third-order valence-corrected chi connectivity index (χ3v) is 2.62. The van der Waals surface area contributed by atoms with Crippen molar-refractivity contribution in [3.8, 4) is 0 Å². The van der Waals surface area contributed by atoms with Gasteiger partial charge in [0.2, 0.25) is 5.95 Å². The van der Waals surface area contributed by atoms with Gasteiger partial charge in [-0.25, -0.2) is 9.97 Å². The molecule has 0 aliphatic rings. The molecular weight excluding hydrogens is 226 g/mol. The number of anilines is 1. The highest BCUT2D eigenvalue weighted by Crippen LogP contribution is 2.11. The quantitative estimate of drug-likeness (QED) is 0.566. The highest BCUT2D eigenvalue weighted by molar-refractivity contribution is 6.17. The van der Waals surface area contributed by atoms with E-state index in [1.54, 1.807) is 6.20 Å². The summed E-state index contributed by atoms with van der Waals surface area (Å²) in [6, 6.07) is 0. The Morgan fingerprint density at radius 1 is 1.50 bits per heavy atom. The molecule has 5 heteroatoms. The van der Waals surface area contributed by atoms with Gasteiger partial charge in [0, 0.05) is 37.7 Å². The van der Waals surface area contributed by atoms with Gasteiger partial charge in [0.25, 0.3) is 0 Å². The fourth-order valence-electron chi connectivity index (χ4n) is 1.24. The Morgan fingerprint density at radius 2 is 2.25 bits per heavy atom. The monoisotopic (exact) mass is 243 g/mol. The molecule has 0 N–H and O–H groups in total. The van der Waals surface area contributed by atoms with Crippen molar-refractivity contribution in [2.75, 3.05) is 31.7 Å². The fourth-order valence-corrected chi connectivity index (χ4v) is 1.50. The SMILES string of the molecule is CCOCCN(C)c1ncc(CCl)c(C)n1. The fraction of sp³-hybridized carbons (Fsp3) is 0.636. The zero-order valence-corrected chi connectivity index (χ0v) is 10.8. The predicted octanol–water partition coefficient (Wildman–Crippen LogP) is 2.00. The second-order valence-corrected chi connectivity index (χ2v) is 3.80. The summed E-state index contributed by atoms with van der Waals surface area (Å²) in [7, 11) is 1.95. The number of hydrogen-bond acceptors (Lipinski definition) is 4. The molecular formula is C11H18ClN3O. The van der Waals surface area contributed by atoms with Crippen LogP contribution in [0.5, 0.6) is 0 Å². The molecule has 1 heterocycles. The van der Waals surface area contributed by atoms with Crippen LogP contribution in [0.1, 0.15) is 18.2 Å². The lowest BCUT2D eigenvalue weighted by Crippen LogP contribution is -2.24. The minimum Gasteiger partial charge on any atom is -0.380 e. The van der Waals surface area contributed by atoms with Gasteiger partial charge in [-0.15, -0.1) is 11.6 Å². The van der Waals surface area contributed by atoms with Crippen molar-refractivity contribution in [2.24, 2.45) is 0 Å². The molecule has 0 aliphatic carbocycles. The lowest BCUT2D eigenvalue weighted by atomic mass is 10.3. The van der Waals surface area contributed by atoms with Gasteiger partial charge in [0.05, 0.1) is 12.5 Å². The maximum absolute atomic E-state index is 5.75. The summed E-state index contributed by atoms with van der Waals surface area (Å²) in [5.41, 5.74) is 1.91. The van der Waals surface area contributed by atoms with E-state index >= 15 is 0 Å². The van der Waals surface area contributed by atoms with Crippen molar-refractivity contribution in [3.05, 3.63) is 17.5 Å². The number of alkyl halides is 1. The Labute approximate surface area is 102 Å². The summed E-state index contributed by atoms with van der Waals surface area (Å²) in [4.78, 5) is 10.6. The van der Waals surface area contributed by atoms with Crippen molar-refractivity contribution in [1.29, 1.82) is 0 Å². The standard InChI is InChI=1S/C11H18ClN3O/c1-4-16-6-5-15(3)11-13-8-10(7-12)9(2)14-11/h8H,4-7H2,1-3H3. The van der Waals surface area contributed by atoms with Crippen molar-refractivity contribution in [2.45, 2.75) is 19.7 Å². The Kier molecular flexibility index (Phi) is 5.49. The summed E-state index contributed by atoms with van der Waals surface area (Å²) in [6.07, 6.45) is 1.78. The van der Waals surface area contributed by atoms with Crippen molar-refractivity contribution in [3.63, 3.8) is 0 Å². The molecule has 0 radical (unpaired) electrons. The van der Waals surface area contributed by atoms with E-state index in [2.05, 4.69) is 9.97 Å². The van der Waals surface area contributed by atoms with Crippen LogP contribution in [0.2, 0.25) is 0 Å². The highest BCUT2D eigenvalue weighted by atomic mass is 35.5. The van der Waals surface area contributed by atoms with Gasteiger partial charge in [-0.05, 0) is 13.8 Å². The Morgan fingerprint density at radius 3 is 2.81 bits per heavy atom. The lowest BCUT2D eigenvalue weighted by molar-refractivity contribution is 0.154. The summed E-state index contributed by atoms with van der Waals surface area (Å²) in [5, 5.41) is 0. The number of likely N-dealkylation sites (N-methyl/N-ethyl adjacent to an activating group) is 1. The molecule has 0 saturated heterocycles. The molecule has 0 fully saturated rings. The number of ether oxygens (including phenoxy) is 1. The third-order valence-electron chi connectivity index (χ3n) is 2.33. The van der Waals surface area contributed by atoms with Gasteiger partial charge >= 0.3 is 0 Å². The van der Waals surface area contributed by atoms with Crippen LogP contribution in [0, 0.1) is 6.92 Å². The predicted molar refractivity (Wildman–Crippen MR) is 66.1 cm³/mol. The second-order valence-electron chi connectivity index (χ2n) is 3.53. The van der Waals surface area contributed by atoms with E-state index in [4.69, 9.17) is 16.3 Å². The van der Waals surface area contributed by atoms with Crippen LogP contribution in [0.15, 0.2) is 6.20 Å². The molecule has 0 aliphatic heterocycles. The van der Waals surface area contributed by atoms with E-state index in [-0.39, 0.29) is 0 Å². The molecule has 0 aromatic carbocycles. The average molecular weight is 244 g/mol. The second kappa shape index (κ2) is 6.66. The van der Waals surface area contributed by atoms with E-state index in [9.17, 15) is 0 Å². The van der Waals surface area contributed by atoms with Gasteiger partial charge < -0.3 is 9.64 Å². The molecule has 4 nitrogen and oxygen atoms in total. The zero-order chi connectivity index (χ0) is 12.0. The van der Waals surface area contributed by atoms with E-state index in [0.717, 1.165) is 24.4 Å². The first-order chi connectivity index (χ1) is 7.69. The van der Waals surface area contributed by atoms with Crippen molar-refractivity contribution < 1.29 is 4.74 Å². The minimum atomic E-state index is 0.453. The van der Waals surface area contributed by atoms with E-state index < -0.39 is 0 Å². The maximum Gasteiger partial charge on any atom is 0.225 e. The number of hydrogen-bond donors (Lipinski definition) is 0. The van der Waals surface area contributed by atoms with Gasteiger partial charge in [-0.3, -0.25) is 0 Å². The van der Waals surface area contributed by atoms with Crippen molar-refractivity contribution in [1.82, 2.24) is 9.97 Å². The van der Waals surface area contributed by atoms with Crippen LogP contribution in [-0.2, 0) is 10.6 Å². The Hall–Kier alpha value is -0.870. The van der Waals surface area contributed by atoms with Crippen LogP contribution in [-0.4, -0.2) is 36.8 Å². The van der Waals surface area contributed by atoms with Crippen LogP contribution < -0.4 is 4.90 Å². The molecule has 0 atom stereocenters. The smallest absolute Gasteiger partial charge is 0.225 e. The van der Waals surface area contributed by atoms with Crippen molar-refractivity contribution >= 4 is 17.5 Å². The van der Waals surface area contributed by atoms with Gasteiger partial charge in [0.1, 0.15) is 0 Å². The Bertz CT molecular complexity index is 333. The summed E-state index contributed by atoms with van der Waals surface area (Å²) >= 11 is 5.75. The molecule has 0 bridgehead atoms.